The average molecular weight is 1150 g/mol. The molecule has 80 heavy (non-hydrogen) atoms. The van der Waals surface area contributed by atoms with Crippen LogP contribution in [-0.4, -0.2) is 66.5 Å². The molecule has 0 heterocycles. The topological polar surface area (TPSA) is 155 Å². The van der Waals surface area contributed by atoms with Crippen LogP contribution in [0.5, 0.6) is 0 Å². The first kappa shape index (κ1) is 77.2. The highest BCUT2D eigenvalue weighted by molar-refractivity contribution is 7.47. The lowest BCUT2D eigenvalue weighted by Crippen LogP contribution is -2.30. The number of aliphatic hydroxyl groups is 1. The second-order valence-electron chi connectivity index (χ2n) is 22.3. The van der Waals surface area contributed by atoms with Crippen molar-refractivity contribution >= 4 is 25.7 Å². The highest BCUT2D eigenvalue weighted by Gasteiger charge is 2.28. The van der Waals surface area contributed by atoms with Gasteiger partial charge in [-0.3, -0.25) is 23.4 Å². The van der Waals surface area contributed by atoms with Gasteiger partial charge in [0.15, 0.2) is 6.10 Å². The number of ether oxygens (including phenoxy) is 3. The molecule has 466 valence electrons. The molecule has 3 atom stereocenters. The van der Waals surface area contributed by atoms with E-state index in [0.717, 1.165) is 64.2 Å². The maximum absolute atomic E-state index is 13.0. The molecular weight excluding hydrogens is 1020 g/mol. The van der Waals surface area contributed by atoms with Crippen molar-refractivity contribution in [2.75, 3.05) is 26.4 Å². The molecule has 0 aromatic carbocycles. The van der Waals surface area contributed by atoms with E-state index >= 15 is 0 Å². The number of carbonyl (C=O) groups is 3. The lowest BCUT2D eigenvalue weighted by atomic mass is 10.0. The van der Waals surface area contributed by atoms with Crippen molar-refractivity contribution in [3.8, 4) is 0 Å². The number of hydrogen-bond donors (Lipinski definition) is 2. The molecule has 0 rings (SSSR count). The molecule has 0 saturated carbocycles. The summed E-state index contributed by atoms with van der Waals surface area (Å²) in [5.74, 6) is -1.59. The average Bonchev–Trinajstić information content (AvgIpc) is 3.45. The van der Waals surface area contributed by atoms with Gasteiger partial charge in [0, 0.05) is 12.8 Å². The molecule has 0 amide bonds. The summed E-state index contributed by atoms with van der Waals surface area (Å²) in [5, 5.41) is 9.86. The van der Waals surface area contributed by atoms with Crippen molar-refractivity contribution in [3.05, 3.63) is 60.8 Å². The first-order chi connectivity index (χ1) is 39.2. The molecular formula is C68H123O11P. The summed E-state index contributed by atoms with van der Waals surface area (Å²) in [5.41, 5.74) is 0. The number of phosphoric ester groups is 1. The first-order valence-corrected chi connectivity index (χ1v) is 34.7. The molecule has 0 aliphatic carbocycles. The number of unbranched alkanes of at least 4 members (excludes halogenated alkanes) is 36. The van der Waals surface area contributed by atoms with Gasteiger partial charge in [0.1, 0.15) is 12.7 Å². The van der Waals surface area contributed by atoms with Crippen molar-refractivity contribution in [2.45, 2.75) is 328 Å². The third-order valence-corrected chi connectivity index (χ3v) is 15.4. The quantitative estimate of drug-likeness (QED) is 0.0197. The molecule has 11 nitrogen and oxygen atoms in total. The number of hydrogen-bond acceptors (Lipinski definition) is 10. The van der Waals surface area contributed by atoms with Gasteiger partial charge in [0.05, 0.1) is 26.2 Å². The fourth-order valence-electron chi connectivity index (χ4n) is 9.49. The number of aliphatic hydroxyl groups excluding tert-OH is 1. The largest absolute Gasteiger partial charge is 0.472 e. The van der Waals surface area contributed by atoms with E-state index in [0.29, 0.717) is 19.3 Å². The highest BCUT2D eigenvalue weighted by atomic mass is 31.2. The van der Waals surface area contributed by atoms with Gasteiger partial charge in [0.25, 0.3) is 0 Å². The Balaban J connectivity index is 4.69. The Labute approximate surface area is 491 Å². The van der Waals surface area contributed by atoms with Gasteiger partial charge >= 0.3 is 25.7 Å². The van der Waals surface area contributed by atoms with Crippen LogP contribution in [-0.2, 0) is 42.2 Å². The fraction of sp³-hybridized carbons (Fsp3) is 0.809. The van der Waals surface area contributed by atoms with Crippen molar-refractivity contribution in [2.24, 2.45) is 0 Å². The van der Waals surface area contributed by atoms with Gasteiger partial charge in [-0.05, 0) is 44.9 Å². The van der Waals surface area contributed by atoms with Crippen LogP contribution in [0.15, 0.2) is 60.8 Å². The molecule has 0 aliphatic rings. The normalized spacial score (nSPS) is 13.6. The van der Waals surface area contributed by atoms with Crippen molar-refractivity contribution in [1.82, 2.24) is 0 Å². The zero-order valence-electron chi connectivity index (χ0n) is 51.8. The SMILES string of the molecule is CC/C=C\C/C=C\C/C=C\C/C=C\C/C=C\CC(=O)OCC(COP(=O)(O)OCC(CO)OC(=O)CCCCCCCCCCCCCCCCCCCCC)OC(=O)CCCCCCCCCCCCCCCCCCCCC. The van der Waals surface area contributed by atoms with E-state index in [-0.39, 0.29) is 25.9 Å². The minimum Gasteiger partial charge on any atom is -0.461 e. The molecule has 0 spiro atoms. The second-order valence-corrected chi connectivity index (χ2v) is 23.7. The fourth-order valence-corrected chi connectivity index (χ4v) is 10.3. The van der Waals surface area contributed by atoms with E-state index in [1.165, 1.54) is 193 Å². The van der Waals surface area contributed by atoms with E-state index in [1.807, 2.05) is 12.2 Å². The Morgan fingerprint density at radius 2 is 0.637 bits per heavy atom. The lowest BCUT2D eigenvalue weighted by Gasteiger charge is -2.21. The summed E-state index contributed by atoms with van der Waals surface area (Å²) in [7, 11) is -4.77. The second kappa shape index (κ2) is 62.2. The van der Waals surface area contributed by atoms with Gasteiger partial charge in [-0.25, -0.2) is 4.57 Å². The number of rotatable bonds is 62. The number of phosphoric acid groups is 1. The molecule has 12 heteroatoms. The van der Waals surface area contributed by atoms with Gasteiger partial charge in [0.2, 0.25) is 0 Å². The minimum atomic E-state index is -4.77. The minimum absolute atomic E-state index is 0.00314. The maximum atomic E-state index is 13.0. The maximum Gasteiger partial charge on any atom is 0.472 e. The number of allylic oxidation sites excluding steroid dienone is 9. The third-order valence-electron chi connectivity index (χ3n) is 14.5. The van der Waals surface area contributed by atoms with Crippen molar-refractivity contribution in [1.29, 1.82) is 0 Å². The smallest absolute Gasteiger partial charge is 0.461 e. The van der Waals surface area contributed by atoms with Crippen LogP contribution in [0.1, 0.15) is 316 Å². The predicted octanol–water partition coefficient (Wildman–Crippen LogP) is 20.3. The molecule has 2 N–H and O–H groups in total. The van der Waals surface area contributed by atoms with Crippen molar-refractivity contribution < 1.29 is 52.2 Å². The van der Waals surface area contributed by atoms with Crippen LogP contribution in [0.3, 0.4) is 0 Å². The standard InChI is InChI=1S/C68H123O11P/c1-4-7-10-13-16-19-22-25-28-30-32-34-37-40-43-46-49-52-55-58-67(71)78-64(60-69)62-76-80(73,74)77-63-65(61-75-66(70)57-54-51-48-45-42-39-36-27-24-21-18-15-12-9-6-3)79-68(72)59-56-53-50-47-44-41-38-35-33-31-29-26-23-20-17-14-11-8-5-2/h9,12,18,21,27,36,42,45,51,54,64-65,69H,4-8,10-11,13-17,19-20,22-26,28-35,37-41,43-44,46-50,52-53,55-63H2,1-3H3,(H,73,74)/b12-9-,21-18-,36-27-,45-42-,54-51-. The predicted molar refractivity (Wildman–Crippen MR) is 335 cm³/mol. The van der Waals surface area contributed by atoms with E-state index in [2.05, 4.69) is 63.3 Å². The molecule has 0 bridgehead atoms. The number of carbonyl (C=O) groups excluding carboxylic acids is 3. The van der Waals surface area contributed by atoms with Crippen LogP contribution in [0, 0.1) is 0 Å². The molecule has 0 aromatic rings. The van der Waals surface area contributed by atoms with E-state index < -0.39 is 57.8 Å². The monoisotopic (exact) mass is 1150 g/mol. The van der Waals surface area contributed by atoms with Gasteiger partial charge in [-0.15, -0.1) is 0 Å². The molecule has 0 fully saturated rings. The molecule has 0 radical (unpaired) electrons. The Bertz CT molecular complexity index is 1570. The summed E-state index contributed by atoms with van der Waals surface area (Å²) < 4.78 is 39.6. The van der Waals surface area contributed by atoms with Gasteiger partial charge in [-0.2, -0.15) is 0 Å². The van der Waals surface area contributed by atoms with E-state index in [4.69, 9.17) is 23.3 Å². The summed E-state index contributed by atoms with van der Waals surface area (Å²) >= 11 is 0. The molecule has 3 unspecified atom stereocenters. The summed E-state index contributed by atoms with van der Waals surface area (Å²) in [6.07, 6.45) is 70.7. The first-order valence-electron chi connectivity index (χ1n) is 33.2. The van der Waals surface area contributed by atoms with Crippen LogP contribution in [0.2, 0.25) is 0 Å². The van der Waals surface area contributed by atoms with Gasteiger partial charge in [-0.1, -0.05) is 313 Å². The Hall–Kier alpha value is -2.82. The zero-order valence-corrected chi connectivity index (χ0v) is 52.7. The Kier molecular flexibility index (Phi) is 60.0. The van der Waals surface area contributed by atoms with Crippen LogP contribution in [0.25, 0.3) is 0 Å². The third kappa shape index (κ3) is 59.8. The Morgan fingerprint density at radius 1 is 0.362 bits per heavy atom. The lowest BCUT2D eigenvalue weighted by molar-refractivity contribution is -0.161. The molecule has 0 aliphatic heterocycles. The van der Waals surface area contributed by atoms with Crippen LogP contribution >= 0.6 is 7.82 Å². The van der Waals surface area contributed by atoms with E-state index in [1.54, 1.807) is 6.08 Å². The highest BCUT2D eigenvalue weighted by Crippen LogP contribution is 2.43. The van der Waals surface area contributed by atoms with E-state index in [9.17, 15) is 28.9 Å². The summed E-state index contributed by atoms with van der Waals surface area (Å²) in [6, 6.07) is 0. The summed E-state index contributed by atoms with van der Waals surface area (Å²) in [4.78, 5) is 48.7. The van der Waals surface area contributed by atoms with Crippen LogP contribution in [0.4, 0.5) is 0 Å². The Morgan fingerprint density at radius 3 is 0.950 bits per heavy atom. The number of esters is 3. The van der Waals surface area contributed by atoms with Crippen LogP contribution < -0.4 is 0 Å². The van der Waals surface area contributed by atoms with Crippen molar-refractivity contribution in [3.63, 3.8) is 0 Å². The van der Waals surface area contributed by atoms with Gasteiger partial charge < -0.3 is 24.2 Å². The molecule has 0 saturated heterocycles. The zero-order chi connectivity index (χ0) is 58.3. The molecule has 0 aromatic heterocycles. The summed E-state index contributed by atoms with van der Waals surface area (Å²) in [6.45, 7) is 4.50.